The Labute approximate surface area is 417 Å². The molecule has 0 spiro atoms. The van der Waals surface area contributed by atoms with E-state index in [4.69, 9.17) is 39.3 Å². The molecule has 0 aliphatic carbocycles. The molecule has 4 aromatic rings. The lowest BCUT2D eigenvalue weighted by atomic mass is 9.92. The Morgan fingerprint density at radius 1 is 0.676 bits per heavy atom. The van der Waals surface area contributed by atoms with E-state index in [-0.39, 0.29) is 45.0 Å². The molecule has 1 amide bonds. The largest absolute Gasteiger partial charge is 0.493 e. The number of rotatable bonds is 19. The van der Waals surface area contributed by atoms with Gasteiger partial charge in [0.2, 0.25) is 6.08 Å². The number of benzene rings is 4. The van der Waals surface area contributed by atoms with Crippen LogP contribution < -0.4 is 24.3 Å². The van der Waals surface area contributed by atoms with E-state index in [1.165, 1.54) is 40.6 Å². The Morgan fingerprint density at radius 3 is 1.54 bits per heavy atom. The number of hydrogen-bond acceptors (Lipinski definition) is 15. The van der Waals surface area contributed by atoms with Crippen molar-refractivity contribution in [2.75, 3.05) is 54.9 Å². The summed E-state index contributed by atoms with van der Waals surface area (Å²) >= 11 is 0. The van der Waals surface area contributed by atoms with E-state index in [0.717, 1.165) is 33.4 Å². The highest BCUT2D eigenvalue weighted by Crippen LogP contribution is 2.31. The lowest BCUT2D eigenvalue weighted by molar-refractivity contribution is -0.136. The van der Waals surface area contributed by atoms with Crippen molar-refractivity contribution in [2.45, 2.75) is 60.0 Å². The summed E-state index contributed by atoms with van der Waals surface area (Å²) in [5.74, 6) is 0.289. The molecule has 0 aromatic heterocycles. The van der Waals surface area contributed by atoms with Crippen LogP contribution in [0, 0.1) is 22.7 Å². The van der Waals surface area contributed by atoms with E-state index in [2.05, 4.69) is 32.9 Å². The Bertz CT molecular complexity index is 2680. The van der Waals surface area contributed by atoms with Crippen LogP contribution in [0.1, 0.15) is 82.3 Å². The lowest BCUT2D eigenvalue weighted by Gasteiger charge is -2.27. The first-order valence-electron chi connectivity index (χ1n) is 21.4. The molecule has 0 bridgehead atoms. The summed E-state index contributed by atoms with van der Waals surface area (Å²) in [5.41, 5.74) is 5.67. The van der Waals surface area contributed by atoms with E-state index in [9.17, 15) is 19.2 Å². The van der Waals surface area contributed by atoms with Crippen molar-refractivity contribution in [3.05, 3.63) is 143 Å². The molecule has 0 fully saturated rings. The second kappa shape index (κ2) is 30.1. The molecule has 376 valence electrons. The second-order valence-corrected chi connectivity index (χ2v) is 15.9. The molecule has 4 aromatic carbocycles. The summed E-state index contributed by atoms with van der Waals surface area (Å²) < 4.78 is 35.8. The molecule has 0 radical (unpaired) electrons. The number of ether oxygens (including phenoxy) is 7. The predicted octanol–water partition coefficient (Wildman–Crippen LogP) is 9.92. The van der Waals surface area contributed by atoms with Crippen LogP contribution in [0.2, 0.25) is 0 Å². The van der Waals surface area contributed by atoms with E-state index < -0.39 is 29.1 Å². The molecule has 0 aliphatic rings. The Balaban J connectivity index is 0.000000589. The molecule has 0 atom stereocenters. The molecule has 16 nitrogen and oxygen atoms in total. The van der Waals surface area contributed by atoms with Crippen LogP contribution in [0.4, 0.5) is 4.79 Å². The van der Waals surface area contributed by atoms with Crippen molar-refractivity contribution >= 4 is 47.4 Å². The van der Waals surface area contributed by atoms with Crippen LogP contribution in [-0.2, 0) is 39.7 Å². The summed E-state index contributed by atoms with van der Waals surface area (Å²) in [6.07, 6.45) is 3.82. The lowest BCUT2D eigenvalue weighted by Crippen LogP contribution is -2.41. The summed E-state index contributed by atoms with van der Waals surface area (Å²) in [7, 11) is 5.35. The van der Waals surface area contributed by atoms with E-state index in [1.54, 1.807) is 54.6 Å². The number of amides is 1. The number of methoxy groups -OCH3 is 4. The van der Waals surface area contributed by atoms with Gasteiger partial charge in [-0.15, -0.1) is 0 Å². The Kier molecular flexibility index (Phi) is 25.7. The highest BCUT2D eigenvalue weighted by molar-refractivity contribution is 5.98. The third kappa shape index (κ3) is 19.6. The Morgan fingerprint density at radius 2 is 1.13 bits per heavy atom. The molecule has 0 aliphatic heterocycles. The predicted molar refractivity (Wildman–Crippen MR) is 273 cm³/mol. The van der Waals surface area contributed by atoms with Gasteiger partial charge in [-0.1, -0.05) is 80.3 Å². The van der Waals surface area contributed by atoms with Crippen LogP contribution in [-0.4, -0.2) is 84.1 Å². The molecular formula is C55H64N4O12. The first-order chi connectivity index (χ1) is 33.2. The number of allylic oxidation sites excluding steroid dienone is 2. The molecule has 16 heteroatoms. The SMILES string of the molecule is C.C=C(C)c1cccc(C(C)(C)N=C=O)c1.C=C(C)c1cccc(C(C)(C)NC(=O)OCCOc2ccc(/C=C(\C#N)C(=O)OC)cc2OC)c1.COC(=O)/C(C#N)=C/c1ccc(OCCO)c(OC)c1. The van der Waals surface area contributed by atoms with Gasteiger partial charge in [0.15, 0.2) is 23.0 Å². The van der Waals surface area contributed by atoms with E-state index in [1.807, 2.05) is 90.1 Å². The normalized spacial score (nSPS) is 10.7. The number of aliphatic imine (C=N–C) groups is 1. The number of carbonyl (C=O) groups excluding carboxylic acids is 4. The highest BCUT2D eigenvalue weighted by atomic mass is 16.6. The summed E-state index contributed by atoms with van der Waals surface area (Å²) in [4.78, 5) is 49.3. The van der Waals surface area contributed by atoms with Gasteiger partial charge in [-0.3, -0.25) is 0 Å². The molecule has 0 saturated heterocycles. The molecule has 0 saturated carbocycles. The smallest absolute Gasteiger partial charge is 0.407 e. The number of nitrogens with zero attached hydrogens (tertiary/aromatic N) is 3. The zero-order chi connectivity index (χ0) is 52.4. The number of hydrogen-bond donors (Lipinski definition) is 2. The standard InChI is InChI=1S/C27H30N2O6.C14H15NO5.C13H15NO.CH4/c1-18(2)20-8-7-9-22(16-20)27(3,4)29-26(31)35-13-12-34-23-11-10-19(15-24(23)32-5)14-21(17-28)25(30)33-6;1-18-13-8-10(3-4-12(13)20-6-5-16)7-11(9-15)14(17)19-2;1-10(2)11-6-5-7-12(8-11)13(3,4)14-9-15;/h7-11,14-16H,1,12-13H2,2-6H3,(H,29,31);3-4,7-8,16H,5-6H2,1-2H3;5-8H,1H2,2-4H3;1H4/b21-14+;11-7+;;. The fourth-order valence-corrected chi connectivity index (χ4v) is 5.94. The van der Waals surface area contributed by atoms with Gasteiger partial charge in [0.1, 0.15) is 43.1 Å². The number of aliphatic hydroxyl groups excluding tert-OH is 1. The minimum Gasteiger partial charge on any atom is -0.493 e. The van der Waals surface area contributed by atoms with Gasteiger partial charge in [0, 0.05) is 0 Å². The van der Waals surface area contributed by atoms with Gasteiger partial charge in [0.05, 0.1) is 46.1 Å². The number of alkyl carbamates (subject to hydrolysis) is 1. The summed E-state index contributed by atoms with van der Waals surface area (Å²) in [6.45, 7) is 19.4. The first-order valence-corrected chi connectivity index (χ1v) is 21.4. The van der Waals surface area contributed by atoms with Gasteiger partial charge in [-0.05, 0) is 123 Å². The number of nitrogens with one attached hydrogen (secondary N) is 1. The maximum Gasteiger partial charge on any atom is 0.407 e. The van der Waals surface area contributed by atoms with E-state index >= 15 is 0 Å². The third-order valence-corrected chi connectivity index (χ3v) is 9.85. The van der Waals surface area contributed by atoms with Crippen molar-refractivity contribution in [2.24, 2.45) is 4.99 Å². The van der Waals surface area contributed by atoms with Crippen LogP contribution >= 0.6 is 0 Å². The van der Waals surface area contributed by atoms with Crippen molar-refractivity contribution in [1.82, 2.24) is 5.32 Å². The van der Waals surface area contributed by atoms with Gasteiger partial charge >= 0.3 is 18.0 Å². The van der Waals surface area contributed by atoms with Gasteiger partial charge in [0.25, 0.3) is 0 Å². The average Bonchev–Trinajstić information content (AvgIpc) is 3.35. The average molecular weight is 973 g/mol. The molecule has 0 heterocycles. The number of carbonyl (C=O) groups is 3. The van der Waals surface area contributed by atoms with Gasteiger partial charge < -0.3 is 43.6 Å². The number of aliphatic hydroxyl groups is 1. The van der Waals surface area contributed by atoms with Crippen LogP contribution in [0.3, 0.4) is 0 Å². The maximum absolute atomic E-state index is 12.3. The Hall–Kier alpha value is -8.43. The fraction of sp³-hybridized carbons (Fsp3) is 0.309. The molecule has 0 unspecified atom stereocenters. The first kappa shape index (κ1) is 60.6. The maximum atomic E-state index is 12.3. The zero-order valence-electron chi connectivity index (χ0n) is 41.3. The molecule has 2 N–H and O–H groups in total. The third-order valence-electron chi connectivity index (χ3n) is 9.85. The van der Waals surface area contributed by atoms with Crippen molar-refractivity contribution in [3.8, 4) is 35.1 Å². The number of nitriles is 2. The van der Waals surface area contributed by atoms with Crippen LogP contribution in [0.15, 0.2) is 114 Å². The molecule has 71 heavy (non-hydrogen) atoms. The quantitative estimate of drug-likeness (QED) is 0.0170. The van der Waals surface area contributed by atoms with Gasteiger partial charge in [-0.2, -0.15) is 15.5 Å². The topological polar surface area (TPSA) is 225 Å². The molecule has 4 rings (SSSR count). The highest BCUT2D eigenvalue weighted by Gasteiger charge is 2.24. The minimum atomic E-state index is -0.728. The molecular weight excluding hydrogens is 909 g/mol. The minimum absolute atomic E-state index is 0. The zero-order valence-corrected chi connectivity index (χ0v) is 41.3. The van der Waals surface area contributed by atoms with Crippen molar-refractivity contribution < 1.29 is 57.4 Å². The van der Waals surface area contributed by atoms with Gasteiger partial charge in [-0.25, -0.2) is 19.2 Å². The van der Waals surface area contributed by atoms with E-state index in [0.29, 0.717) is 34.1 Å². The van der Waals surface area contributed by atoms with Crippen LogP contribution in [0.25, 0.3) is 23.3 Å². The van der Waals surface area contributed by atoms with Crippen molar-refractivity contribution in [1.29, 1.82) is 10.5 Å². The summed E-state index contributed by atoms with van der Waals surface area (Å²) in [6, 6.07) is 29.1. The van der Waals surface area contributed by atoms with Crippen LogP contribution in [0.5, 0.6) is 23.0 Å². The van der Waals surface area contributed by atoms with Crippen molar-refractivity contribution in [3.63, 3.8) is 0 Å². The number of isocyanates is 1. The second-order valence-electron chi connectivity index (χ2n) is 15.9. The fourth-order valence-electron chi connectivity index (χ4n) is 5.94. The summed E-state index contributed by atoms with van der Waals surface area (Å²) in [5, 5.41) is 29.6. The number of esters is 2. The monoisotopic (exact) mass is 972 g/mol.